The van der Waals surface area contributed by atoms with Gasteiger partial charge in [0.05, 0.1) is 31.1 Å². The first-order chi connectivity index (χ1) is 11.3. The summed E-state index contributed by atoms with van der Waals surface area (Å²) in [6, 6.07) is 11.4. The molecule has 3 rings (SSSR count). The van der Waals surface area contributed by atoms with Gasteiger partial charge < -0.3 is 4.42 Å². The number of benzene rings is 2. The van der Waals surface area contributed by atoms with Crippen molar-refractivity contribution in [3.63, 3.8) is 0 Å². The van der Waals surface area contributed by atoms with Crippen LogP contribution in [0.2, 0.25) is 10.0 Å². The molecule has 0 radical (unpaired) electrons. The minimum absolute atomic E-state index is 0.323. The van der Waals surface area contributed by atoms with Crippen LogP contribution in [-0.2, 0) is 9.71 Å². The van der Waals surface area contributed by atoms with Crippen LogP contribution in [-0.4, -0.2) is 14.6 Å². The zero-order valence-corrected chi connectivity index (χ0v) is 14.6. The molecule has 1 aromatic heterocycles. The Morgan fingerprint density at radius 1 is 1.08 bits per heavy atom. The standard InChI is InChI=1S/C16H12Cl2N2O3S/c1-24(19,22)12-5-2-10(3-6-12)15-9-23-16(21)20(15)11-4-7-13(17)14(18)8-11/h2-9H,1H2,(H2,19,22). The minimum Gasteiger partial charge on any atom is -0.415 e. The second kappa shape index (κ2) is 6.14. The van der Waals surface area contributed by atoms with Gasteiger partial charge in [-0.2, -0.15) is 0 Å². The van der Waals surface area contributed by atoms with Crippen molar-refractivity contribution in [3.8, 4) is 16.9 Å². The summed E-state index contributed by atoms with van der Waals surface area (Å²) >= 11 is 11.9. The van der Waals surface area contributed by atoms with Crippen molar-refractivity contribution in [3.05, 3.63) is 69.3 Å². The lowest BCUT2D eigenvalue weighted by Crippen LogP contribution is -2.13. The zero-order valence-electron chi connectivity index (χ0n) is 12.2. The Hall–Kier alpha value is -1.99. The number of aromatic nitrogens is 1. The van der Waals surface area contributed by atoms with Gasteiger partial charge in [-0.3, -0.25) is 5.14 Å². The van der Waals surface area contributed by atoms with Crippen molar-refractivity contribution in [1.82, 2.24) is 4.57 Å². The average molecular weight is 383 g/mol. The highest BCUT2D eigenvalue weighted by Gasteiger charge is 2.14. The molecule has 3 aromatic rings. The molecule has 2 N–H and O–H groups in total. The molecule has 24 heavy (non-hydrogen) atoms. The van der Waals surface area contributed by atoms with E-state index in [0.29, 0.717) is 31.9 Å². The molecule has 1 heterocycles. The van der Waals surface area contributed by atoms with E-state index in [1.807, 2.05) is 0 Å². The van der Waals surface area contributed by atoms with Crippen LogP contribution < -0.4 is 10.9 Å². The summed E-state index contributed by atoms with van der Waals surface area (Å²) in [5.74, 6) is 2.87. The Morgan fingerprint density at radius 3 is 2.33 bits per heavy atom. The van der Waals surface area contributed by atoms with E-state index >= 15 is 0 Å². The van der Waals surface area contributed by atoms with Gasteiger partial charge in [-0.15, -0.1) is 0 Å². The predicted octanol–water partition coefficient (Wildman–Crippen LogP) is 3.35. The normalized spacial score (nSPS) is 13.6. The van der Waals surface area contributed by atoms with Crippen LogP contribution in [0.15, 0.2) is 62.8 Å². The SMILES string of the molecule is C=S(N)(=O)c1ccc(-c2coc(=O)n2-c2ccc(Cl)c(Cl)c2)cc1. The van der Waals surface area contributed by atoms with Gasteiger partial charge in [0.15, 0.2) is 0 Å². The van der Waals surface area contributed by atoms with E-state index in [4.69, 9.17) is 32.8 Å². The molecular formula is C16H12Cl2N2O3S. The molecule has 5 nitrogen and oxygen atoms in total. The van der Waals surface area contributed by atoms with Crippen LogP contribution in [0.4, 0.5) is 0 Å². The monoisotopic (exact) mass is 382 g/mol. The van der Waals surface area contributed by atoms with Crippen molar-refractivity contribution in [2.45, 2.75) is 4.90 Å². The highest BCUT2D eigenvalue weighted by molar-refractivity contribution is 7.98. The third-order valence-electron chi connectivity index (χ3n) is 3.41. The second-order valence-electron chi connectivity index (χ2n) is 5.07. The average Bonchev–Trinajstić information content (AvgIpc) is 2.91. The van der Waals surface area contributed by atoms with E-state index in [0.717, 1.165) is 0 Å². The highest BCUT2D eigenvalue weighted by atomic mass is 35.5. The van der Waals surface area contributed by atoms with Gasteiger partial charge in [0.1, 0.15) is 6.26 Å². The molecule has 8 heteroatoms. The smallest absolute Gasteiger partial charge is 0.415 e. The topological polar surface area (TPSA) is 78.2 Å². The maximum Gasteiger partial charge on any atom is 0.424 e. The van der Waals surface area contributed by atoms with Crippen molar-refractivity contribution in [1.29, 1.82) is 0 Å². The molecule has 0 spiro atoms. The number of rotatable bonds is 3. The predicted molar refractivity (Wildman–Crippen MR) is 97.5 cm³/mol. The van der Waals surface area contributed by atoms with Crippen LogP contribution in [0.25, 0.3) is 16.9 Å². The molecule has 0 fully saturated rings. The zero-order chi connectivity index (χ0) is 17.5. The van der Waals surface area contributed by atoms with Gasteiger partial charge in [0.2, 0.25) is 0 Å². The number of hydrogen-bond acceptors (Lipinski definition) is 3. The van der Waals surface area contributed by atoms with Gasteiger partial charge >= 0.3 is 5.76 Å². The van der Waals surface area contributed by atoms with E-state index < -0.39 is 15.5 Å². The lowest BCUT2D eigenvalue weighted by Gasteiger charge is -2.08. The van der Waals surface area contributed by atoms with Crippen LogP contribution in [0, 0.1) is 0 Å². The Labute approximate surface area is 148 Å². The van der Waals surface area contributed by atoms with Gasteiger partial charge in [0.25, 0.3) is 0 Å². The maximum atomic E-state index is 12.1. The summed E-state index contributed by atoms with van der Waals surface area (Å²) in [6.45, 7) is 0. The molecule has 1 atom stereocenters. The second-order valence-corrected chi connectivity index (χ2v) is 7.81. The van der Waals surface area contributed by atoms with E-state index in [-0.39, 0.29) is 0 Å². The number of oxazole rings is 1. The summed E-state index contributed by atoms with van der Waals surface area (Å²) in [7, 11) is -2.79. The van der Waals surface area contributed by atoms with Gasteiger partial charge in [-0.1, -0.05) is 35.3 Å². The van der Waals surface area contributed by atoms with Crippen LogP contribution in [0.5, 0.6) is 0 Å². The Bertz CT molecular complexity index is 1070. The maximum absolute atomic E-state index is 12.1. The van der Waals surface area contributed by atoms with Crippen molar-refractivity contribution in [2.75, 3.05) is 0 Å². The molecule has 0 aliphatic rings. The molecule has 0 amide bonds. The third kappa shape index (κ3) is 3.14. The van der Waals surface area contributed by atoms with E-state index in [9.17, 15) is 9.00 Å². The number of nitrogens with two attached hydrogens (primary N) is 1. The number of nitrogens with zero attached hydrogens (tertiary/aromatic N) is 1. The Morgan fingerprint density at radius 2 is 1.75 bits per heavy atom. The first-order valence-electron chi connectivity index (χ1n) is 6.69. The van der Waals surface area contributed by atoms with Crippen LogP contribution in [0.3, 0.4) is 0 Å². The first kappa shape index (κ1) is 16.9. The van der Waals surface area contributed by atoms with E-state index in [2.05, 4.69) is 5.87 Å². The lowest BCUT2D eigenvalue weighted by atomic mass is 10.1. The molecule has 2 aromatic carbocycles. The van der Waals surface area contributed by atoms with E-state index in [1.165, 1.54) is 10.8 Å². The molecule has 0 saturated heterocycles. The minimum atomic E-state index is -2.79. The number of halogens is 2. The summed E-state index contributed by atoms with van der Waals surface area (Å²) < 4.78 is 18.1. The van der Waals surface area contributed by atoms with Crippen LogP contribution in [0.1, 0.15) is 0 Å². The lowest BCUT2D eigenvalue weighted by molar-refractivity contribution is 0.504. The highest BCUT2D eigenvalue weighted by Crippen LogP contribution is 2.27. The number of hydrogen-bond donors (Lipinski definition) is 1. The molecule has 0 aliphatic heterocycles. The quantitative estimate of drug-likeness (QED) is 0.705. The molecule has 124 valence electrons. The van der Waals surface area contributed by atoms with E-state index in [1.54, 1.807) is 42.5 Å². The fourth-order valence-electron chi connectivity index (χ4n) is 2.23. The summed E-state index contributed by atoms with van der Waals surface area (Å²) in [5, 5.41) is 6.23. The van der Waals surface area contributed by atoms with Crippen molar-refractivity contribution < 1.29 is 8.63 Å². The first-order valence-corrected chi connectivity index (χ1v) is 9.23. The largest absolute Gasteiger partial charge is 0.424 e. The summed E-state index contributed by atoms with van der Waals surface area (Å²) in [4.78, 5) is 12.5. The molecule has 0 saturated carbocycles. The van der Waals surface area contributed by atoms with Crippen molar-refractivity contribution in [2.24, 2.45) is 5.14 Å². The fraction of sp³-hybridized carbons (Fsp3) is 0. The van der Waals surface area contributed by atoms with Gasteiger partial charge in [-0.05, 0) is 36.2 Å². The third-order valence-corrected chi connectivity index (χ3v) is 5.21. The summed E-state index contributed by atoms with van der Waals surface area (Å²) in [5.41, 5.74) is 1.71. The fourth-order valence-corrected chi connectivity index (χ4v) is 3.12. The molecule has 0 bridgehead atoms. The van der Waals surface area contributed by atoms with Gasteiger partial charge in [0, 0.05) is 10.5 Å². The Balaban J connectivity index is 2.14. The Kier molecular flexibility index (Phi) is 4.31. The van der Waals surface area contributed by atoms with Gasteiger partial charge in [-0.25, -0.2) is 13.6 Å². The summed E-state index contributed by atoms with van der Waals surface area (Å²) in [6.07, 6.45) is 1.34. The molecular weight excluding hydrogens is 371 g/mol. The van der Waals surface area contributed by atoms with Crippen LogP contribution >= 0.6 is 23.2 Å². The van der Waals surface area contributed by atoms with Crippen molar-refractivity contribution >= 4 is 38.8 Å². The molecule has 0 aliphatic carbocycles. The molecule has 1 unspecified atom stereocenters.